The molecule has 0 N–H and O–H groups in total. The number of ether oxygens (including phenoxy) is 1. The minimum absolute atomic E-state index is 0.0286. The number of pyridine rings is 1. The molecule has 0 saturated heterocycles. The molecule has 0 saturated carbocycles. The van der Waals surface area contributed by atoms with E-state index in [9.17, 15) is 16.8 Å². The third kappa shape index (κ3) is 3.77. The van der Waals surface area contributed by atoms with E-state index >= 15 is 0 Å². The van der Waals surface area contributed by atoms with Gasteiger partial charge in [0, 0.05) is 24.4 Å². The van der Waals surface area contributed by atoms with Crippen molar-refractivity contribution in [2.45, 2.75) is 21.5 Å². The Balaban J connectivity index is 1.69. The molecular weight excluding hydrogens is 410 g/mol. The molecule has 4 rings (SSSR count). The standard InChI is InChI=1S/C21H19NO5S2/c23-28(24)15-20(29(25,26)17-7-2-1-3-8-17)21-18(9-4-10-19(21)28)27-13-11-16-6-5-12-22-14-16/h1-10,12,14,20H,11,13,15H2. The molecule has 0 fully saturated rings. The molecule has 3 aromatic rings. The van der Waals surface area contributed by atoms with Gasteiger partial charge in [0.1, 0.15) is 11.0 Å². The lowest BCUT2D eigenvalue weighted by Gasteiger charge is -2.16. The van der Waals surface area contributed by atoms with Gasteiger partial charge in [0.05, 0.1) is 22.2 Å². The molecule has 150 valence electrons. The molecule has 6 nitrogen and oxygen atoms in total. The fraction of sp³-hybridized carbons (Fsp3) is 0.190. The van der Waals surface area contributed by atoms with Crippen molar-refractivity contribution in [2.75, 3.05) is 12.4 Å². The first kappa shape index (κ1) is 19.6. The molecule has 2 heterocycles. The Hall–Kier alpha value is -2.71. The monoisotopic (exact) mass is 429 g/mol. The summed E-state index contributed by atoms with van der Waals surface area (Å²) in [4.78, 5) is 4.18. The Labute approximate surface area is 170 Å². The fourth-order valence-electron chi connectivity index (χ4n) is 3.45. The molecule has 1 atom stereocenters. The highest BCUT2D eigenvalue weighted by Gasteiger charge is 2.45. The second-order valence-corrected chi connectivity index (χ2v) is 10.9. The summed E-state index contributed by atoms with van der Waals surface area (Å²) in [5.74, 6) is -0.195. The smallest absolute Gasteiger partial charge is 0.186 e. The molecule has 1 aliphatic heterocycles. The predicted molar refractivity (Wildman–Crippen MR) is 108 cm³/mol. The molecule has 8 heteroatoms. The Morgan fingerprint density at radius 1 is 1.00 bits per heavy atom. The van der Waals surface area contributed by atoms with Gasteiger partial charge in [0.2, 0.25) is 0 Å². The second-order valence-electron chi connectivity index (χ2n) is 6.76. The Morgan fingerprint density at radius 3 is 2.52 bits per heavy atom. The Morgan fingerprint density at radius 2 is 1.79 bits per heavy atom. The average molecular weight is 430 g/mol. The number of sulfone groups is 2. The van der Waals surface area contributed by atoms with Crippen LogP contribution in [-0.4, -0.2) is 34.2 Å². The van der Waals surface area contributed by atoms with Crippen molar-refractivity contribution >= 4 is 19.7 Å². The SMILES string of the molecule is O=S1(=O)CC(S(=O)(=O)c2ccccc2)c2c(OCCc3cccnc3)cccc21. The van der Waals surface area contributed by atoms with E-state index < -0.39 is 30.7 Å². The van der Waals surface area contributed by atoms with E-state index in [-0.39, 0.29) is 27.7 Å². The highest BCUT2D eigenvalue weighted by Crippen LogP contribution is 2.45. The van der Waals surface area contributed by atoms with Crippen LogP contribution in [0.25, 0.3) is 0 Å². The molecule has 0 bridgehead atoms. The number of benzene rings is 2. The van der Waals surface area contributed by atoms with Crippen LogP contribution in [0.1, 0.15) is 16.4 Å². The highest BCUT2D eigenvalue weighted by molar-refractivity contribution is 7.96. The predicted octanol–water partition coefficient (Wildman–Crippen LogP) is 3.01. The first-order valence-electron chi connectivity index (χ1n) is 9.06. The molecule has 1 unspecified atom stereocenters. The second kappa shape index (κ2) is 7.61. The van der Waals surface area contributed by atoms with Crippen LogP contribution >= 0.6 is 0 Å². The van der Waals surface area contributed by atoms with Gasteiger partial charge in [-0.05, 0) is 35.9 Å². The zero-order valence-electron chi connectivity index (χ0n) is 15.4. The van der Waals surface area contributed by atoms with Gasteiger partial charge < -0.3 is 4.74 Å². The average Bonchev–Trinajstić information content (AvgIpc) is 3.02. The van der Waals surface area contributed by atoms with Crippen molar-refractivity contribution < 1.29 is 21.6 Å². The van der Waals surface area contributed by atoms with E-state index in [1.165, 1.54) is 18.2 Å². The molecule has 0 spiro atoms. The normalized spacial score (nSPS) is 17.6. The number of aromatic nitrogens is 1. The maximum atomic E-state index is 13.2. The molecular formula is C21H19NO5S2. The summed E-state index contributed by atoms with van der Waals surface area (Å²) in [6.07, 6.45) is 3.98. The molecule has 0 radical (unpaired) electrons. The Kier molecular flexibility index (Phi) is 5.14. The number of hydrogen-bond acceptors (Lipinski definition) is 6. The fourth-order valence-corrected chi connectivity index (χ4v) is 7.81. The lowest BCUT2D eigenvalue weighted by Crippen LogP contribution is -2.16. The van der Waals surface area contributed by atoms with Gasteiger partial charge >= 0.3 is 0 Å². The maximum absolute atomic E-state index is 13.2. The first-order chi connectivity index (χ1) is 13.9. The van der Waals surface area contributed by atoms with Crippen LogP contribution in [0.5, 0.6) is 5.75 Å². The van der Waals surface area contributed by atoms with Crippen LogP contribution in [0, 0.1) is 0 Å². The van der Waals surface area contributed by atoms with E-state index in [0.717, 1.165) is 5.56 Å². The zero-order valence-corrected chi connectivity index (χ0v) is 17.1. The Bertz CT molecular complexity index is 1220. The van der Waals surface area contributed by atoms with E-state index in [4.69, 9.17) is 4.74 Å². The van der Waals surface area contributed by atoms with E-state index in [1.807, 2.05) is 12.1 Å². The summed E-state index contributed by atoms with van der Waals surface area (Å²) in [6, 6.07) is 16.3. The van der Waals surface area contributed by atoms with E-state index in [0.29, 0.717) is 6.42 Å². The van der Waals surface area contributed by atoms with Crippen LogP contribution in [0.3, 0.4) is 0 Å². The lowest BCUT2D eigenvalue weighted by atomic mass is 10.1. The zero-order chi connectivity index (χ0) is 20.5. The minimum atomic E-state index is -3.89. The summed E-state index contributed by atoms with van der Waals surface area (Å²) >= 11 is 0. The van der Waals surface area contributed by atoms with Crippen LogP contribution in [0.15, 0.2) is 82.8 Å². The topological polar surface area (TPSA) is 90.4 Å². The van der Waals surface area contributed by atoms with Crippen molar-refractivity contribution in [3.63, 3.8) is 0 Å². The van der Waals surface area contributed by atoms with Gasteiger partial charge in [-0.25, -0.2) is 16.8 Å². The number of fused-ring (bicyclic) bond motifs is 1. The number of rotatable bonds is 6. The molecule has 2 aromatic carbocycles. The molecule has 0 aliphatic carbocycles. The lowest BCUT2D eigenvalue weighted by molar-refractivity contribution is 0.317. The maximum Gasteiger partial charge on any atom is 0.186 e. The van der Waals surface area contributed by atoms with Crippen molar-refractivity contribution in [3.05, 3.63) is 84.2 Å². The highest BCUT2D eigenvalue weighted by atomic mass is 32.2. The van der Waals surface area contributed by atoms with Crippen molar-refractivity contribution in [1.29, 1.82) is 0 Å². The van der Waals surface area contributed by atoms with Crippen LogP contribution in [0.4, 0.5) is 0 Å². The summed E-state index contributed by atoms with van der Waals surface area (Å²) in [5.41, 5.74) is 1.20. The van der Waals surface area contributed by atoms with E-state index in [1.54, 1.807) is 42.7 Å². The van der Waals surface area contributed by atoms with Crippen molar-refractivity contribution in [2.24, 2.45) is 0 Å². The summed E-state index contributed by atoms with van der Waals surface area (Å²) < 4.78 is 57.6. The minimum Gasteiger partial charge on any atom is -0.493 e. The quantitative estimate of drug-likeness (QED) is 0.598. The van der Waals surface area contributed by atoms with Crippen molar-refractivity contribution in [3.8, 4) is 5.75 Å². The van der Waals surface area contributed by atoms with Gasteiger partial charge in [-0.3, -0.25) is 4.98 Å². The number of hydrogen-bond donors (Lipinski definition) is 0. The van der Waals surface area contributed by atoms with Crippen LogP contribution < -0.4 is 4.74 Å². The van der Waals surface area contributed by atoms with Gasteiger partial charge in [-0.2, -0.15) is 0 Å². The first-order valence-corrected chi connectivity index (χ1v) is 12.3. The largest absolute Gasteiger partial charge is 0.493 e. The summed E-state index contributed by atoms with van der Waals surface area (Å²) in [7, 11) is -7.61. The molecule has 1 aliphatic rings. The van der Waals surface area contributed by atoms with Crippen LogP contribution in [0.2, 0.25) is 0 Å². The van der Waals surface area contributed by atoms with Gasteiger partial charge in [-0.15, -0.1) is 0 Å². The molecule has 0 amide bonds. The molecule has 1 aromatic heterocycles. The third-order valence-corrected chi connectivity index (χ3v) is 8.96. The summed E-state index contributed by atoms with van der Waals surface area (Å²) in [5, 5.41) is -1.19. The van der Waals surface area contributed by atoms with Gasteiger partial charge in [0.15, 0.2) is 19.7 Å². The van der Waals surface area contributed by atoms with Gasteiger partial charge in [-0.1, -0.05) is 30.3 Å². The van der Waals surface area contributed by atoms with Crippen LogP contribution in [-0.2, 0) is 26.1 Å². The molecule has 29 heavy (non-hydrogen) atoms. The third-order valence-electron chi connectivity index (χ3n) is 4.87. The number of nitrogens with zero attached hydrogens (tertiary/aromatic N) is 1. The van der Waals surface area contributed by atoms with E-state index in [2.05, 4.69) is 4.98 Å². The van der Waals surface area contributed by atoms with Crippen molar-refractivity contribution in [1.82, 2.24) is 4.98 Å². The van der Waals surface area contributed by atoms with Gasteiger partial charge in [0.25, 0.3) is 0 Å². The summed E-state index contributed by atoms with van der Waals surface area (Å²) in [6.45, 7) is 0.278.